The predicted molar refractivity (Wildman–Crippen MR) is 90.8 cm³/mol. The number of benzene rings is 1. The van der Waals surface area contributed by atoms with Crippen molar-refractivity contribution < 1.29 is 23.5 Å². The second-order valence-corrected chi connectivity index (χ2v) is 4.92. The third-order valence-electron chi connectivity index (χ3n) is 3.19. The Bertz CT molecular complexity index is 882. The fraction of sp³-hybridized carbons (Fsp3) is 0.0588. The van der Waals surface area contributed by atoms with E-state index in [0.29, 0.717) is 18.0 Å². The Hall–Kier alpha value is -3.62. The van der Waals surface area contributed by atoms with E-state index < -0.39 is 34.8 Å². The Morgan fingerprint density at radius 3 is 2.46 bits per heavy atom. The van der Waals surface area contributed by atoms with Gasteiger partial charge in [-0.1, -0.05) is 12.7 Å². The summed E-state index contributed by atoms with van der Waals surface area (Å²) in [6.07, 6.45) is 4.92. The third kappa shape index (κ3) is 4.07. The van der Waals surface area contributed by atoms with Crippen molar-refractivity contribution in [2.75, 3.05) is 10.2 Å². The van der Waals surface area contributed by atoms with Crippen LogP contribution in [-0.4, -0.2) is 27.2 Å². The number of carbonyl (C=O) groups excluding carboxylic acids is 1. The molecule has 0 spiro atoms. The van der Waals surface area contributed by atoms with E-state index in [1.807, 2.05) is 0 Å². The van der Waals surface area contributed by atoms with E-state index in [1.165, 1.54) is 18.3 Å². The SMILES string of the molecule is C=CN(/C=C\C)c1ccc(C(=O)Nc2cc(F)c(F)cc2C(=O)O)nn1. The van der Waals surface area contributed by atoms with Crippen molar-refractivity contribution in [3.8, 4) is 0 Å². The molecular weight excluding hydrogens is 346 g/mol. The maximum Gasteiger partial charge on any atom is 0.337 e. The topological polar surface area (TPSA) is 95.4 Å². The first-order valence-electron chi connectivity index (χ1n) is 7.28. The van der Waals surface area contributed by atoms with Crippen LogP contribution in [0.15, 0.2) is 49.3 Å². The third-order valence-corrected chi connectivity index (χ3v) is 3.19. The molecule has 2 N–H and O–H groups in total. The van der Waals surface area contributed by atoms with Crippen molar-refractivity contribution >= 4 is 23.4 Å². The number of carboxylic acid groups (broad SMARTS) is 1. The van der Waals surface area contributed by atoms with Gasteiger partial charge in [0.25, 0.3) is 5.91 Å². The van der Waals surface area contributed by atoms with Gasteiger partial charge >= 0.3 is 5.97 Å². The molecule has 9 heteroatoms. The van der Waals surface area contributed by atoms with Gasteiger partial charge in [0.15, 0.2) is 23.1 Å². The molecule has 0 aliphatic rings. The van der Waals surface area contributed by atoms with Gasteiger partial charge in [-0.3, -0.25) is 4.79 Å². The number of halogens is 2. The Kier molecular flexibility index (Phi) is 5.74. The first-order valence-corrected chi connectivity index (χ1v) is 7.28. The van der Waals surface area contributed by atoms with E-state index in [9.17, 15) is 18.4 Å². The molecule has 0 fully saturated rings. The molecule has 1 aromatic heterocycles. The summed E-state index contributed by atoms with van der Waals surface area (Å²) >= 11 is 0. The zero-order valence-corrected chi connectivity index (χ0v) is 13.6. The highest BCUT2D eigenvalue weighted by Gasteiger charge is 2.18. The highest BCUT2D eigenvalue weighted by atomic mass is 19.2. The van der Waals surface area contributed by atoms with Gasteiger partial charge < -0.3 is 15.3 Å². The summed E-state index contributed by atoms with van der Waals surface area (Å²) in [5, 5.41) is 18.8. The number of hydrogen-bond donors (Lipinski definition) is 2. The average molecular weight is 360 g/mol. The summed E-state index contributed by atoms with van der Waals surface area (Å²) in [5.41, 5.74) is -1.12. The van der Waals surface area contributed by atoms with E-state index in [0.717, 1.165) is 0 Å². The van der Waals surface area contributed by atoms with E-state index >= 15 is 0 Å². The lowest BCUT2D eigenvalue weighted by Gasteiger charge is -2.13. The lowest BCUT2D eigenvalue weighted by molar-refractivity contribution is 0.0697. The monoisotopic (exact) mass is 360 g/mol. The zero-order valence-electron chi connectivity index (χ0n) is 13.6. The van der Waals surface area contributed by atoms with E-state index in [2.05, 4.69) is 22.1 Å². The van der Waals surface area contributed by atoms with Gasteiger partial charge in [-0.25, -0.2) is 13.6 Å². The second-order valence-electron chi connectivity index (χ2n) is 4.92. The molecule has 0 atom stereocenters. The van der Waals surface area contributed by atoms with Crippen LogP contribution >= 0.6 is 0 Å². The number of rotatable bonds is 6. The van der Waals surface area contributed by atoms with E-state index in [4.69, 9.17) is 5.11 Å². The first-order chi connectivity index (χ1) is 12.4. The van der Waals surface area contributed by atoms with Crippen LogP contribution in [0.3, 0.4) is 0 Å². The molecule has 2 aromatic rings. The van der Waals surface area contributed by atoms with Crippen molar-refractivity contribution in [2.24, 2.45) is 0 Å². The summed E-state index contributed by atoms with van der Waals surface area (Å²) in [4.78, 5) is 24.9. The largest absolute Gasteiger partial charge is 0.478 e. The molecule has 0 aliphatic heterocycles. The molecule has 0 bridgehead atoms. The van der Waals surface area contributed by atoms with Crippen molar-refractivity contribution in [3.63, 3.8) is 0 Å². The first kappa shape index (κ1) is 18.7. The normalized spacial score (nSPS) is 10.6. The minimum absolute atomic E-state index is 0.140. The summed E-state index contributed by atoms with van der Waals surface area (Å²) in [6.45, 7) is 5.42. The average Bonchev–Trinajstić information content (AvgIpc) is 2.62. The number of amides is 1. The van der Waals surface area contributed by atoms with Gasteiger partial charge in [0.1, 0.15) is 0 Å². The maximum absolute atomic E-state index is 13.4. The van der Waals surface area contributed by atoms with Crippen LogP contribution in [-0.2, 0) is 0 Å². The molecule has 0 saturated carbocycles. The van der Waals surface area contributed by atoms with Gasteiger partial charge in [0.05, 0.1) is 11.3 Å². The van der Waals surface area contributed by atoms with Gasteiger partial charge in [0.2, 0.25) is 0 Å². The Morgan fingerprint density at radius 2 is 1.92 bits per heavy atom. The fourth-order valence-corrected chi connectivity index (χ4v) is 1.99. The molecule has 1 heterocycles. The Morgan fingerprint density at radius 1 is 1.23 bits per heavy atom. The molecule has 0 unspecified atom stereocenters. The molecule has 1 aromatic carbocycles. The highest BCUT2D eigenvalue weighted by Crippen LogP contribution is 2.21. The molecule has 1 amide bonds. The summed E-state index contributed by atoms with van der Waals surface area (Å²) in [7, 11) is 0. The smallest absolute Gasteiger partial charge is 0.337 e. The maximum atomic E-state index is 13.4. The predicted octanol–water partition coefficient (Wildman–Crippen LogP) is 3.19. The fourth-order valence-electron chi connectivity index (χ4n) is 1.99. The molecule has 0 aliphatic carbocycles. The number of nitrogens with one attached hydrogen (secondary N) is 1. The van der Waals surface area contributed by atoms with Crippen molar-refractivity contribution in [3.05, 3.63) is 72.2 Å². The number of carbonyl (C=O) groups is 2. The second kappa shape index (κ2) is 7.97. The highest BCUT2D eigenvalue weighted by molar-refractivity contribution is 6.06. The molecule has 26 heavy (non-hydrogen) atoms. The number of carboxylic acids is 1. The van der Waals surface area contributed by atoms with Crippen LogP contribution in [0.5, 0.6) is 0 Å². The summed E-state index contributed by atoms with van der Waals surface area (Å²) < 4.78 is 26.6. The lowest BCUT2D eigenvalue weighted by atomic mass is 10.1. The van der Waals surface area contributed by atoms with Gasteiger partial charge in [-0.2, -0.15) is 0 Å². The van der Waals surface area contributed by atoms with E-state index in [1.54, 1.807) is 24.1 Å². The Balaban J connectivity index is 2.27. The standard InChI is InChI=1S/C17H14F2N4O3/c1-3-7-23(4-2)15-6-5-13(21-22-15)16(24)20-14-9-12(19)11(18)8-10(14)17(25)26/h3-9H,2H2,1H3,(H,20,24)(H,25,26)/b7-3-. The lowest BCUT2D eigenvalue weighted by Crippen LogP contribution is -2.18. The Labute approximate surface area is 147 Å². The number of nitrogens with zero attached hydrogens (tertiary/aromatic N) is 3. The summed E-state index contributed by atoms with van der Waals surface area (Å²) in [6, 6.07) is 3.91. The van der Waals surface area contributed by atoms with E-state index in [-0.39, 0.29) is 5.69 Å². The molecular formula is C17H14F2N4O3. The molecule has 0 saturated heterocycles. The number of allylic oxidation sites excluding steroid dienone is 1. The van der Waals surface area contributed by atoms with Crippen molar-refractivity contribution in [1.82, 2.24) is 10.2 Å². The van der Waals surface area contributed by atoms with Crippen LogP contribution < -0.4 is 10.2 Å². The molecule has 7 nitrogen and oxygen atoms in total. The van der Waals surface area contributed by atoms with Crippen molar-refractivity contribution in [2.45, 2.75) is 6.92 Å². The number of aromatic nitrogens is 2. The van der Waals surface area contributed by atoms with Gasteiger partial charge in [-0.05, 0) is 25.1 Å². The van der Waals surface area contributed by atoms with Gasteiger partial charge in [-0.15, -0.1) is 10.2 Å². The minimum atomic E-state index is -1.52. The van der Waals surface area contributed by atoms with Crippen LogP contribution in [0.2, 0.25) is 0 Å². The number of aromatic carboxylic acids is 1. The van der Waals surface area contributed by atoms with Crippen LogP contribution in [0.1, 0.15) is 27.8 Å². The summed E-state index contributed by atoms with van der Waals surface area (Å²) in [5.74, 6) is -4.58. The van der Waals surface area contributed by atoms with Crippen LogP contribution in [0.25, 0.3) is 0 Å². The van der Waals surface area contributed by atoms with Gasteiger partial charge in [0, 0.05) is 18.5 Å². The number of hydrogen-bond acceptors (Lipinski definition) is 5. The molecule has 0 radical (unpaired) electrons. The van der Waals surface area contributed by atoms with Crippen molar-refractivity contribution in [1.29, 1.82) is 0 Å². The zero-order chi connectivity index (χ0) is 19.3. The van der Waals surface area contributed by atoms with Crippen LogP contribution in [0, 0.1) is 11.6 Å². The quantitative estimate of drug-likeness (QED) is 0.821. The molecule has 134 valence electrons. The van der Waals surface area contributed by atoms with Crippen LogP contribution in [0.4, 0.5) is 20.3 Å². The number of anilines is 2. The minimum Gasteiger partial charge on any atom is -0.478 e. The molecule has 2 rings (SSSR count).